The molecule has 26 heavy (non-hydrogen) atoms. The van der Waals surface area contributed by atoms with E-state index in [9.17, 15) is 4.39 Å². The van der Waals surface area contributed by atoms with Gasteiger partial charge >= 0.3 is 0 Å². The average molecular weight is 350 g/mol. The van der Waals surface area contributed by atoms with E-state index in [0.29, 0.717) is 0 Å². The number of rotatable bonds is 8. The SMILES string of the molecule is COc1ccc([C@@H](CC[NH2+]Cc2ccccc2)c2ccc(F)cc2)cc1. The van der Waals surface area contributed by atoms with Crippen LogP contribution in [0, 0.1) is 5.82 Å². The Labute approximate surface area is 154 Å². The highest BCUT2D eigenvalue weighted by Crippen LogP contribution is 2.29. The summed E-state index contributed by atoms with van der Waals surface area (Å²) in [5.41, 5.74) is 3.70. The number of hydrogen-bond acceptors (Lipinski definition) is 1. The van der Waals surface area contributed by atoms with Crippen molar-refractivity contribution in [1.82, 2.24) is 0 Å². The van der Waals surface area contributed by atoms with Gasteiger partial charge in [-0.2, -0.15) is 0 Å². The zero-order valence-electron chi connectivity index (χ0n) is 15.1. The summed E-state index contributed by atoms with van der Waals surface area (Å²) in [6.45, 7) is 1.97. The summed E-state index contributed by atoms with van der Waals surface area (Å²) in [6, 6.07) is 25.5. The van der Waals surface area contributed by atoms with Gasteiger partial charge in [0.15, 0.2) is 0 Å². The Morgan fingerprint density at radius 1 is 0.846 bits per heavy atom. The molecule has 1 atom stereocenters. The lowest BCUT2D eigenvalue weighted by molar-refractivity contribution is -0.671. The van der Waals surface area contributed by atoms with Crippen molar-refractivity contribution in [2.24, 2.45) is 0 Å². The quantitative estimate of drug-likeness (QED) is 0.608. The third-order valence-corrected chi connectivity index (χ3v) is 4.67. The van der Waals surface area contributed by atoms with Crippen LogP contribution in [0.5, 0.6) is 5.75 Å². The molecule has 2 nitrogen and oxygen atoms in total. The van der Waals surface area contributed by atoms with Gasteiger partial charge < -0.3 is 10.1 Å². The molecule has 134 valence electrons. The lowest BCUT2D eigenvalue weighted by Gasteiger charge is -2.18. The van der Waals surface area contributed by atoms with Crippen molar-refractivity contribution in [1.29, 1.82) is 0 Å². The summed E-state index contributed by atoms with van der Waals surface area (Å²) in [5, 5.41) is 2.33. The van der Waals surface area contributed by atoms with Crippen molar-refractivity contribution in [3.8, 4) is 5.75 Å². The fraction of sp³-hybridized carbons (Fsp3) is 0.217. The van der Waals surface area contributed by atoms with E-state index in [-0.39, 0.29) is 11.7 Å². The Morgan fingerprint density at radius 3 is 2.08 bits per heavy atom. The number of halogens is 1. The maximum Gasteiger partial charge on any atom is 0.123 e. The summed E-state index contributed by atoms with van der Waals surface area (Å²) in [4.78, 5) is 0. The summed E-state index contributed by atoms with van der Waals surface area (Å²) < 4.78 is 18.6. The summed E-state index contributed by atoms with van der Waals surface area (Å²) in [7, 11) is 1.67. The van der Waals surface area contributed by atoms with Crippen LogP contribution in [0.1, 0.15) is 29.0 Å². The Hall–Kier alpha value is -2.65. The molecule has 3 heteroatoms. The molecular weight excluding hydrogens is 325 g/mol. The van der Waals surface area contributed by atoms with Crippen LogP contribution in [0.3, 0.4) is 0 Å². The Morgan fingerprint density at radius 2 is 1.46 bits per heavy atom. The second-order valence-corrected chi connectivity index (χ2v) is 6.43. The van der Waals surface area contributed by atoms with E-state index in [4.69, 9.17) is 4.74 Å². The maximum absolute atomic E-state index is 13.3. The molecule has 0 saturated heterocycles. The van der Waals surface area contributed by atoms with E-state index in [1.807, 2.05) is 30.3 Å². The first kappa shape index (κ1) is 18.2. The molecule has 2 N–H and O–H groups in total. The number of methoxy groups -OCH3 is 1. The lowest BCUT2D eigenvalue weighted by atomic mass is 9.88. The van der Waals surface area contributed by atoms with E-state index in [1.54, 1.807) is 19.2 Å². The van der Waals surface area contributed by atoms with Crippen molar-refractivity contribution in [2.45, 2.75) is 18.9 Å². The monoisotopic (exact) mass is 350 g/mol. The first-order valence-electron chi connectivity index (χ1n) is 9.01. The van der Waals surface area contributed by atoms with Crippen LogP contribution in [0.2, 0.25) is 0 Å². The molecular formula is C23H25FNO+. The highest BCUT2D eigenvalue weighted by Gasteiger charge is 2.15. The van der Waals surface area contributed by atoms with E-state index < -0.39 is 0 Å². The summed E-state index contributed by atoms with van der Waals surface area (Å²) in [6.07, 6.45) is 0.991. The zero-order valence-corrected chi connectivity index (χ0v) is 15.1. The third kappa shape index (κ3) is 4.93. The van der Waals surface area contributed by atoms with Gasteiger partial charge in [-0.15, -0.1) is 0 Å². The molecule has 3 aromatic carbocycles. The smallest absolute Gasteiger partial charge is 0.123 e. The van der Waals surface area contributed by atoms with E-state index in [0.717, 1.165) is 30.8 Å². The van der Waals surface area contributed by atoms with E-state index in [2.05, 4.69) is 41.7 Å². The molecule has 0 heterocycles. The van der Waals surface area contributed by atoms with E-state index in [1.165, 1.54) is 11.1 Å². The highest BCUT2D eigenvalue weighted by molar-refractivity contribution is 5.36. The van der Waals surface area contributed by atoms with Gasteiger partial charge in [-0.1, -0.05) is 54.6 Å². The van der Waals surface area contributed by atoms with Crippen molar-refractivity contribution in [2.75, 3.05) is 13.7 Å². The molecule has 0 fully saturated rings. The number of nitrogens with two attached hydrogens (primary N) is 1. The van der Waals surface area contributed by atoms with Gasteiger partial charge in [-0.3, -0.25) is 0 Å². The minimum atomic E-state index is -0.196. The molecule has 0 aliphatic rings. The Kier molecular flexibility index (Phi) is 6.39. The average Bonchev–Trinajstić information content (AvgIpc) is 2.70. The minimum absolute atomic E-state index is 0.196. The van der Waals surface area contributed by atoms with Crippen molar-refractivity contribution >= 4 is 0 Å². The lowest BCUT2D eigenvalue weighted by Crippen LogP contribution is -2.82. The molecule has 0 aliphatic heterocycles. The topological polar surface area (TPSA) is 25.8 Å². The second kappa shape index (κ2) is 9.16. The van der Waals surface area contributed by atoms with Crippen LogP contribution in [0.4, 0.5) is 4.39 Å². The van der Waals surface area contributed by atoms with E-state index >= 15 is 0 Å². The van der Waals surface area contributed by atoms with Crippen LogP contribution in [0.15, 0.2) is 78.9 Å². The molecule has 0 bridgehead atoms. The van der Waals surface area contributed by atoms with Crippen molar-refractivity contribution < 1.29 is 14.4 Å². The predicted molar refractivity (Wildman–Crippen MR) is 103 cm³/mol. The van der Waals surface area contributed by atoms with Gasteiger partial charge in [0.1, 0.15) is 18.1 Å². The molecule has 0 spiro atoms. The molecule has 0 aliphatic carbocycles. The zero-order chi connectivity index (χ0) is 18.2. The standard InChI is InChI=1S/C23H24FNO/c1-26-22-13-9-20(10-14-22)23(19-7-11-21(24)12-8-19)15-16-25-17-18-5-3-2-4-6-18/h2-14,23,25H,15-17H2,1H3/p+1/t23-/m0/s1. The molecule has 0 unspecified atom stereocenters. The number of benzene rings is 3. The second-order valence-electron chi connectivity index (χ2n) is 6.43. The number of quaternary nitrogens is 1. The fourth-order valence-corrected chi connectivity index (χ4v) is 3.22. The van der Waals surface area contributed by atoms with Gasteiger partial charge in [0.2, 0.25) is 0 Å². The molecule has 0 amide bonds. The van der Waals surface area contributed by atoms with Crippen LogP contribution in [-0.2, 0) is 6.54 Å². The number of ether oxygens (including phenoxy) is 1. The first-order chi connectivity index (χ1) is 12.8. The predicted octanol–water partition coefficient (Wildman–Crippen LogP) is 4.12. The molecule has 0 aromatic heterocycles. The van der Waals surface area contributed by atoms with Gasteiger partial charge in [-0.05, 0) is 35.4 Å². The Bertz CT molecular complexity index is 785. The molecule has 0 radical (unpaired) electrons. The van der Waals surface area contributed by atoms with Crippen LogP contribution < -0.4 is 10.1 Å². The van der Waals surface area contributed by atoms with Crippen molar-refractivity contribution in [3.05, 3.63) is 101 Å². The molecule has 3 rings (SSSR count). The van der Waals surface area contributed by atoms with Crippen LogP contribution >= 0.6 is 0 Å². The fourth-order valence-electron chi connectivity index (χ4n) is 3.22. The minimum Gasteiger partial charge on any atom is -0.497 e. The van der Waals surface area contributed by atoms with Crippen LogP contribution in [-0.4, -0.2) is 13.7 Å². The van der Waals surface area contributed by atoms with Gasteiger partial charge in [0.25, 0.3) is 0 Å². The van der Waals surface area contributed by atoms with Crippen LogP contribution in [0.25, 0.3) is 0 Å². The third-order valence-electron chi connectivity index (χ3n) is 4.67. The van der Waals surface area contributed by atoms with Crippen molar-refractivity contribution in [3.63, 3.8) is 0 Å². The first-order valence-corrected chi connectivity index (χ1v) is 9.01. The molecule has 3 aromatic rings. The summed E-state index contributed by atoms with van der Waals surface area (Å²) in [5.74, 6) is 0.897. The Balaban J connectivity index is 1.69. The molecule has 0 saturated carbocycles. The van der Waals surface area contributed by atoms with Gasteiger partial charge in [-0.25, -0.2) is 4.39 Å². The largest absolute Gasteiger partial charge is 0.497 e. The van der Waals surface area contributed by atoms with Gasteiger partial charge in [0.05, 0.1) is 13.7 Å². The maximum atomic E-state index is 13.3. The number of hydrogen-bond donors (Lipinski definition) is 1. The summed E-state index contributed by atoms with van der Waals surface area (Å²) >= 11 is 0. The normalized spacial score (nSPS) is 11.9. The highest BCUT2D eigenvalue weighted by atomic mass is 19.1. The van der Waals surface area contributed by atoms with Gasteiger partial charge in [0, 0.05) is 17.9 Å².